The molecule has 0 aliphatic heterocycles. The maximum Gasteiger partial charge on any atom is 0.341 e. The Kier molecular flexibility index (Phi) is 6.81. The van der Waals surface area contributed by atoms with Gasteiger partial charge in [0, 0.05) is 0 Å². The van der Waals surface area contributed by atoms with Crippen molar-refractivity contribution in [3.8, 4) is 23.1 Å². The topological polar surface area (TPSA) is 116 Å². The number of ether oxygens (including phenoxy) is 2. The molecule has 0 aliphatic rings. The molecule has 2 heterocycles. The van der Waals surface area contributed by atoms with Crippen molar-refractivity contribution < 1.29 is 23.8 Å². The molecule has 186 valence electrons. The molecule has 0 spiro atoms. The number of carboxylic acid groups (broad SMARTS) is 1. The first-order valence-corrected chi connectivity index (χ1v) is 12.4. The fraction of sp³-hybridized carbons (Fsp3) is 0.0769. The van der Waals surface area contributed by atoms with Gasteiger partial charge in [-0.15, -0.1) is 0 Å². The molecule has 5 rings (SSSR count). The standard InChI is InChI=1S/C26H17Br2N3O6/c1-35-20-7-4-8-21-16(20)11-22(37-21)25-30-19-6-3-2-5-15(19)26(34)31(25)29-12-14-9-17(27)24(18(28)10-14)36-13-23(32)33/h2-12H,13H2,1H3,(H,32,33). The molecule has 37 heavy (non-hydrogen) atoms. The summed E-state index contributed by atoms with van der Waals surface area (Å²) in [4.78, 5) is 29.0. The third-order valence-electron chi connectivity index (χ3n) is 5.40. The van der Waals surface area contributed by atoms with Crippen molar-refractivity contribution in [2.75, 3.05) is 13.7 Å². The van der Waals surface area contributed by atoms with Crippen LogP contribution >= 0.6 is 31.9 Å². The van der Waals surface area contributed by atoms with Gasteiger partial charge in [0.25, 0.3) is 5.56 Å². The van der Waals surface area contributed by atoms with Crippen molar-refractivity contribution in [1.29, 1.82) is 0 Å². The molecule has 9 nitrogen and oxygen atoms in total. The number of halogens is 2. The summed E-state index contributed by atoms with van der Waals surface area (Å²) >= 11 is 6.78. The highest BCUT2D eigenvalue weighted by atomic mass is 79.9. The van der Waals surface area contributed by atoms with E-state index in [9.17, 15) is 9.59 Å². The molecule has 0 saturated carbocycles. The molecule has 2 aromatic heterocycles. The van der Waals surface area contributed by atoms with E-state index in [-0.39, 0.29) is 11.4 Å². The van der Waals surface area contributed by atoms with Crippen LogP contribution in [0.5, 0.6) is 11.5 Å². The van der Waals surface area contributed by atoms with E-state index < -0.39 is 12.6 Å². The molecular weight excluding hydrogens is 610 g/mol. The van der Waals surface area contributed by atoms with E-state index in [0.717, 1.165) is 5.39 Å². The number of methoxy groups -OCH3 is 1. The molecule has 0 aliphatic carbocycles. The van der Waals surface area contributed by atoms with Crippen molar-refractivity contribution in [3.05, 3.63) is 85.5 Å². The number of hydrogen-bond acceptors (Lipinski definition) is 7. The van der Waals surface area contributed by atoms with Crippen LogP contribution in [0.4, 0.5) is 0 Å². The molecular formula is C26H17Br2N3O6. The summed E-state index contributed by atoms with van der Waals surface area (Å²) in [6, 6.07) is 17.6. The first-order valence-electron chi connectivity index (χ1n) is 10.8. The predicted molar refractivity (Wildman–Crippen MR) is 146 cm³/mol. The van der Waals surface area contributed by atoms with Crippen LogP contribution in [0.25, 0.3) is 33.5 Å². The van der Waals surface area contributed by atoms with Crippen LogP contribution < -0.4 is 15.0 Å². The van der Waals surface area contributed by atoms with Crippen LogP contribution in [-0.4, -0.2) is 40.7 Å². The number of hydrogen-bond donors (Lipinski definition) is 1. The lowest BCUT2D eigenvalue weighted by atomic mass is 10.2. The smallest absolute Gasteiger partial charge is 0.341 e. The minimum Gasteiger partial charge on any atom is -0.496 e. The van der Waals surface area contributed by atoms with Gasteiger partial charge in [-0.25, -0.2) is 9.78 Å². The summed E-state index contributed by atoms with van der Waals surface area (Å²) in [5, 5.41) is 14.5. The molecule has 3 aromatic carbocycles. The fourth-order valence-electron chi connectivity index (χ4n) is 3.76. The van der Waals surface area contributed by atoms with Gasteiger partial charge in [-0.2, -0.15) is 9.78 Å². The van der Waals surface area contributed by atoms with Crippen LogP contribution in [-0.2, 0) is 4.79 Å². The number of aliphatic carboxylic acids is 1. The lowest BCUT2D eigenvalue weighted by Gasteiger charge is -2.10. The first-order chi connectivity index (χ1) is 17.9. The number of aromatic nitrogens is 2. The highest BCUT2D eigenvalue weighted by molar-refractivity contribution is 9.11. The van der Waals surface area contributed by atoms with Crippen molar-refractivity contribution >= 4 is 65.9 Å². The Bertz CT molecular complexity index is 1740. The van der Waals surface area contributed by atoms with Gasteiger partial charge in [-0.05, 0) is 79.9 Å². The number of nitrogens with zero attached hydrogens (tertiary/aromatic N) is 3. The number of carbonyl (C=O) groups is 1. The average Bonchev–Trinajstić information content (AvgIpc) is 3.32. The summed E-state index contributed by atoms with van der Waals surface area (Å²) in [5.41, 5.74) is 1.33. The lowest BCUT2D eigenvalue weighted by molar-refractivity contribution is -0.139. The average molecular weight is 627 g/mol. The van der Waals surface area contributed by atoms with E-state index in [0.29, 0.717) is 48.3 Å². The maximum atomic E-state index is 13.5. The minimum atomic E-state index is -1.09. The van der Waals surface area contributed by atoms with Gasteiger partial charge in [0.1, 0.15) is 17.1 Å². The van der Waals surface area contributed by atoms with Gasteiger partial charge in [-0.1, -0.05) is 18.2 Å². The summed E-state index contributed by atoms with van der Waals surface area (Å²) < 4.78 is 19.0. The van der Waals surface area contributed by atoms with Crippen LogP contribution in [0.3, 0.4) is 0 Å². The van der Waals surface area contributed by atoms with Crippen LogP contribution in [0.15, 0.2) is 83.9 Å². The fourth-order valence-corrected chi connectivity index (χ4v) is 5.21. The Balaban J connectivity index is 1.64. The minimum absolute atomic E-state index is 0.220. The largest absolute Gasteiger partial charge is 0.496 e. The van der Waals surface area contributed by atoms with Gasteiger partial charge in [-0.3, -0.25) is 4.79 Å². The van der Waals surface area contributed by atoms with E-state index in [1.807, 2.05) is 12.1 Å². The number of carboxylic acids is 1. The quantitative estimate of drug-likeness (QED) is 0.231. The van der Waals surface area contributed by atoms with Crippen molar-refractivity contribution in [2.45, 2.75) is 0 Å². The SMILES string of the molecule is COc1cccc2oc(-c3nc4ccccc4c(=O)n3N=Cc3cc(Br)c(OCC(=O)O)c(Br)c3)cc12. The third kappa shape index (κ3) is 4.87. The first kappa shape index (κ1) is 24.7. The van der Waals surface area contributed by atoms with Gasteiger partial charge in [0.2, 0.25) is 5.82 Å². The van der Waals surface area contributed by atoms with Crippen LogP contribution in [0, 0.1) is 0 Å². The van der Waals surface area contributed by atoms with Crippen molar-refractivity contribution in [3.63, 3.8) is 0 Å². The normalized spacial score (nSPS) is 11.4. The molecule has 0 amide bonds. The van der Waals surface area contributed by atoms with Crippen molar-refractivity contribution in [2.24, 2.45) is 5.10 Å². The third-order valence-corrected chi connectivity index (χ3v) is 6.58. The van der Waals surface area contributed by atoms with E-state index in [1.54, 1.807) is 55.6 Å². The van der Waals surface area contributed by atoms with Crippen LogP contribution in [0.2, 0.25) is 0 Å². The number of fused-ring (bicyclic) bond motifs is 2. The Morgan fingerprint density at radius 1 is 1.11 bits per heavy atom. The molecule has 0 unspecified atom stereocenters. The van der Waals surface area contributed by atoms with E-state index in [2.05, 4.69) is 41.9 Å². The highest BCUT2D eigenvalue weighted by Crippen LogP contribution is 2.35. The molecule has 0 saturated heterocycles. The molecule has 5 aromatic rings. The Morgan fingerprint density at radius 2 is 1.86 bits per heavy atom. The van der Waals surface area contributed by atoms with Gasteiger partial charge >= 0.3 is 5.97 Å². The molecule has 0 radical (unpaired) electrons. The van der Waals surface area contributed by atoms with Crippen molar-refractivity contribution in [1.82, 2.24) is 9.66 Å². The molecule has 0 bridgehead atoms. The summed E-state index contributed by atoms with van der Waals surface area (Å²) in [7, 11) is 1.57. The van der Waals surface area contributed by atoms with Gasteiger partial charge < -0.3 is 19.0 Å². The van der Waals surface area contributed by atoms with Gasteiger partial charge in [0.05, 0.1) is 38.6 Å². The van der Waals surface area contributed by atoms with E-state index in [1.165, 1.54) is 10.9 Å². The molecule has 11 heteroatoms. The summed E-state index contributed by atoms with van der Waals surface area (Å²) in [6.45, 7) is -0.492. The van der Waals surface area contributed by atoms with Gasteiger partial charge in [0.15, 0.2) is 12.4 Å². The van der Waals surface area contributed by atoms with E-state index in [4.69, 9.17) is 19.0 Å². The zero-order valence-electron chi connectivity index (χ0n) is 19.1. The number of furan rings is 1. The molecule has 1 N–H and O–H groups in total. The Labute approximate surface area is 226 Å². The summed E-state index contributed by atoms with van der Waals surface area (Å²) in [5.74, 6) is 0.437. The zero-order chi connectivity index (χ0) is 26.1. The Morgan fingerprint density at radius 3 is 2.59 bits per heavy atom. The number of rotatable bonds is 7. The van der Waals surface area contributed by atoms with E-state index >= 15 is 0 Å². The summed E-state index contributed by atoms with van der Waals surface area (Å²) in [6.07, 6.45) is 1.49. The zero-order valence-corrected chi connectivity index (χ0v) is 22.3. The second kappa shape index (κ2) is 10.2. The lowest BCUT2D eigenvalue weighted by Crippen LogP contribution is -2.20. The molecule has 0 atom stereocenters. The number of para-hydroxylation sites is 1. The van der Waals surface area contributed by atoms with Crippen LogP contribution in [0.1, 0.15) is 5.56 Å². The predicted octanol–water partition coefficient (Wildman–Crippen LogP) is 5.69. The highest BCUT2D eigenvalue weighted by Gasteiger charge is 2.18. The Hall–Kier alpha value is -3.96. The maximum absolute atomic E-state index is 13.5. The second-order valence-electron chi connectivity index (χ2n) is 7.79. The molecule has 0 fully saturated rings. The monoisotopic (exact) mass is 625 g/mol. The second-order valence-corrected chi connectivity index (χ2v) is 9.50. The number of benzene rings is 3.